The normalized spacial score (nSPS) is 18.3. The van der Waals surface area contributed by atoms with E-state index in [0.29, 0.717) is 24.7 Å². The molecule has 114 valence electrons. The number of carbonyl (C=O) groups excluding carboxylic acids is 2. The number of carbonyl (C=O) groups is 2. The average Bonchev–Trinajstić information content (AvgIpc) is 2.49. The molecular weight excluding hydrogens is 290 g/mol. The van der Waals surface area contributed by atoms with Gasteiger partial charge in [0.15, 0.2) is 0 Å². The zero-order valence-corrected chi connectivity index (χ0v) is 12.6. The van der Waals surface area contributed by atoms with Crippen molar-refractivity contribution in [1.82, 2.24) is 10.2 Å². The van der Waals surface area contributed by atoms with Gasteiger partial charge < -0.3 is 16.0 Å². The molecule has 1 aliphatic rings. The SMILES string of the molecule is NC(=O)N1CCC[C@@H](C(=O)NCCc2ccc(Cl)cc2)C1. The first-order chi connectivity index (χ1) is 10.1. The van der Waals surface area contributed by atoms with Crippen LogP contribution in [0.25, 0.3) is 0 Å². The lowest BCUT2D eigenvalue weighted by molar-refractivity contribution is -0.126. The Kier molecular flexibility index (Phi) is 5.44. The maximum absolute atomic E-state index is 12.1. The molecule has 1 aromatic rings. The van der Waals surface area contributed by atoms with E-state index in [0.717, 1.165) is 24.8 Å². The fraction of sp³-hybridized carbons (Fsp3) is 0.467. The highest BCUT2D eigenvalue weighted by Crippen LogP contribution is 2.16. The molecule has 21 heavy (non-hydrogen) atoms. The van der Waals surface area contributed by atoms with Crippen LogP contribution in [0.1, 0.15) is 18.4 Å². The van der Waals surface area contributed by atoms with Crippen LogP contribution in [-0.2, 0) is 11.2 Å². The van der Waals surface area contributed by atoms with E-state index in [1.807, 2.05) is 24.3 Å². The predicted octanol–water partition coefficient (Wildman–Crippen LogP) is 1.79. The van der Waals surface area contributed by atoms with E-state index in [4.69, 9.17) is 17.3 Å². The third-order valence-corrected chi connectivity index (χ3v) is 3.98. The van der Waals surface area contributed by atoms with Gasteiger partial charge in [0.2, 0.25) is 5.91 Å². The van der Waals surface area contributed by atoms with Crippen LogP contribution < -0.4 is 11.1 Å². The van der Waals surface area contributed by atoms with Crippen molar-refractivity contribution in [2.45, 2.75) is 19.3 Å². The molecule has 0 radical (unpaired) electrons. The van der Waals surface area contributed by atoms with Crippen LogP contribution in [0.15, 0.2) is 24.3 Å². The number of nitrogens with zero attached hydrogens (tertiary/aromatic N) is 1. The van der Waals surface area contributed by atoms with Crippen molar-refractivity contribution in [2.24, 2.45) is 11.7 Å². The van der Waals surface area contributed by atoms with Gasteiger partial charge in [-0.3, -0.25) is 4.79 Å². The number of nitrogens with two attached hydrogens (primary N) is 1. The van der Waals surface area contributed by atoms with E-state index in [9.17, 15) is 9.59 Å². The number of likely N-dealkylation sites (tertiary alicyclic amines) is 1. The summed E-state index contributed by atoms with van der Waals surface area (Å²) in [5.41, 5.74) is 6.39. The summed E-state index contributed by atoms with van der Waals surface area (Å²) >= 11 is 5.82. The Hall–Kier alpha value is -1.75. The molecule has 1 aromatic carbocycles. The maximum Gasteiger partial charge on any atom is 0.314 e. The van der Waals surface area contributed by atoms with Crippen LogP contribution in [0.3, 0.4) is 0 Å². The third-order valence-electron chi connectivity index (χ3n) is 3.73. The van der Waals surface area contributed by atoms with Gasteiger partial charge in [-0.05, 0) is 37.0 Å². The molecule has 0 aromatic heterocycles. The molecule has 1 atom stereocenters. The topological polar surface area (TPSA) is 75.4 Å². The summed E-state index contributed by atoms with van der Waals surface area (Å²) in [4.78, 5) is 24.8. The number of urea groups is 1. The van der Waals surface area contributed by atoms with Crippen molar-refractivity contribution in [3.05, 3.63) is 34.9 Å². The van der Waals surface area contributed by atoms with Gasteiger partial charge in [0.25, 0.3) is 0 Å². The fourth-order valence-corrected chi connectivity index (χ4v) is 2.64. The standard InChI is InChI=1S/C15H20ClN3O2/c16-13-5-3-11(4-6-13)7-8-18-14(20)12-2-1-9-19(10-12)15(17)21/h3-6,12H,1-2,7-10H2,(H2,17,21)(H,18,20)/t12-/m1/s1. The Labute approximate surface area is 129 Å². The Balaban J connectivity index is 1.76. The van der Waals surface area contributed by atoms with E-state index in [2.05, 4.69) is 5.32 Å². The molecule has 1 aliphatic heterocycles. The van der Waals surface area contributed by atoms with Crippen molar-refractivity contribution in [3.8, 4) is 0 Å². The predicted molar refractivity (Wildman–Crippen MR) is 82.0 cm³/mol. The highest BCUT2D eigenvalue weighted by Gasteiger charge is 2.26. The summed E-state index contributed by atoms with van der Waals surface area (Å²) in [7, 11) is 0. The van der Waals surface area contributed by atoms with Gasteiger partial charge in [-0.25, -0.2) is 4.79 Å². The lowest BCUT2D eigenvalue weighted by Gasteiger charge is -2.30. The van der Waals surface area contributed by atoms with Gasteiger partial charge >= 0.3 is 6.03 Å². The minimum absolute atomic E-state index is 0.00471. The molecule has 0 spiro atoms. The van der Waals surface area contributed by atoms with E-state index in [1.165, 1.54) is 4.90 Å². The largest absolute Gasteiger partial charge is 0.355 e. The maximum atomic E-state index is 12.1. The highest BCUT2D eigenvalue weighted by atomic mass is 35.5. The molecule has 1 saturated heterocycles. The summed E-state index contributed by atoms with van der Waals surface area (Å²) in [6.07, 6.45) is 2.38. The molecule has 0 aliphatic carbocycles. The summed E-state index contributed by atoms with van der Waals surface area (Å²) in [6.45, 7) is 1.64. The lowest BCUT2D eigenvalue weighted by Crippen LogP contribution is -2.47. The molecule has 0 saturated carbocycles. The molecule has 3 amide bonds. The van der Waals surface area contributed by atoms with Crippen molar-refractivity contribution < 1.29 is 9.59 Å². The lowest BCUT2D eigenvalue weighted by atomic mass is 9.97. The van der Waals surface area contributed by atoms with Crippen molar-refractivity contribution in [3.63, 3.8) is 0 Å². The molecule has 1 heterocycles. The molecule has 1 fully saturated rings. The van der Waals surface area contributed by atoms with Gasteiger partial charge in [-0.2, -0.15) is 0 Å². The van der Waals surface area contributed by atoms with E-state index >= 15 is 0 Å². The number of halogens is 1. The van der Waals surface area contributed by atoms with Gasteiger partial charge in [-0.15, -0.1) is 0 Å². The summed E-state index contributed by atoms with van der Waals surface area (Å²) in [5.74, 6) is -0.161. The quantitative estimate of drug-likeness (QED) is 0.889. The molecule has 3 N–H and O–H groups in total. The number of benzene rings is 1. The second-order valence-electron chi connectivity index (χ2n) is 5.29. The number of nitrogens with one attached hydrogen (secondary N) is 1. The van der Waals surface area contributed by atoms with Crippen LogP contribution >= 0.6 is 11.6 Å². The van der Waals surface area contributed by atoms with Crippen LogP contribution in [0, 0.1) is 5.92 Å². The summed E-state index contributed by atoms with van der Waals surface area (Å²) in [6, 6.07) is 7.12. The number of piperidine rings is 1. The minimum Gasteiger partial charge on any atom is -0.355 e. The molecule has 5 nitrogen and oxygen atoms in total. The van der Waals surface area contributed by atoms with Gasteiger partial charge in [0.1, 0.15) is 0 Å². The smallest absolute Gasteiger partial charge is 0.314 e. The van der Waals surface area contributed by atoms with Crippen LogP contribution in [0.2, 0.25) is 5.02 Å². The summed E-state index contributed by atoms with van der Waals surface area (Å²) < 4.78 is 0. The summed E-state index contributed by atoms with van der Waals surface area (Å²) in [5, 5.41) is 3.63. The Morgan fingerprint density at radius 2 is 2.05 bits per heavy atom. The number of hydrogen-bond acceptors (Lipinski definition) is 2. The van der Waals surface area contributed by atoms with Gasteiger partial charge in [0, 0.05) is 24.7 Å². The number of primary amides is 1. The molecule has 0 unspecified atom stereocenters. The molecule has 0 bridgehead atoms. The van der Waals surface area contributed by atoms with Crippen LogP contribution in [0.5, 0.6) is 0 Å². The first-order valence-corrected chi connectivity index (χ1v) is 7.50. The third kappa shape index (κ3) is 4.63. The number of hydrogen-bond donors (Lipinski definition) is 2. The van der Waals surface area contributed by atoms with Crippen LogP contribution in [-0.4, -0.2) is 36.5 Å². The molecule has 2 rings (SSSR count). The Morgan fingerprint density at radius 3 is 2.71 bits per heavy atom. The zero-order valence-electron chi connectivity index (χ0n) is 11.8. The molecule has 6 heteroatoms. The van der Waals surface area contributed by atoms with E-state index in [-0.39, 0.29) is 11.8 Å². The fourth-order valence-electron chi connectivity index (χ4n) is 2.52. The number of amides is 3. The van der Waals surface area contributed by atoms with Crippen molar-refractivity contribution in [2.75, 3.05) is 19.6 Å². The number of rotatable bonds is 4. The Morgan fingerprint density at radius 1 is 1.33 bits per heavy atom. The monoisotopic (exact) mass is 309 g/mol. The zero-order chi connectivity index (χ0) is 15.2. The van der Waals surface area contributed by atoms with E-state index < -0.39 is 6.03 Å². The van der Waals surface area contributed by atoms with Crippen LogP contribution in [0.4, 0.5) is 4.79 Å². The second-order valence-corrected chi connectivity index (χ2v) is 5.73. The molecular formula is C15H20ClN3O2. The Bertz CT molecular complexity index is 504. The second kappa shape index (κ2) is 7.31. The van der Waals surface area contributed by atoms with Crippen molar-refractivity contribution >= 4 is 23.5 Å². The van der Waals surface area contributed by atoms with Crippen molar-refractivity contribution in [1.29, 1.82) is 0 Å². The minimum atomic E-state index is -0.450. The highest BCUT2D eigenvalue weighted by molar-refractivity contribution is 6.30. The average molecular weight is 310 g/mol. The van der Waals surface area contributed by atoms with Gasteiger partial charge in [-0.1, -0.05) is 23.7 Å². The first kappa shape index (κ1) is 15.6. The van der Waals surface area contributed by atoms with E-state index in [1.54, 1.807) is 0 Å². The van der Waals surface area contributed by atoms with Gasteiger partial charge in [0.05, 0.1) is 5.92 Å². The first-order valence-electron chi connectivity index (χ1n) is 7.13.